The summed E-state index contributed by atoms with van der Waals surface area (Å²) in [6.07, 6.45) is 8.08. The summed E-state index contributed by atoms with van der Waals surface area (Å²) in [5.74, 6) is 0.951. The molecule has 5 aliphatic rings. The molecule has 0 spiro atoms. The van der Waals surface area contributed by atoms with Gasteiger partial charge in [0.15, 0.2) is 0 Å². The summed E-state index contributed by atoms with van der Waals surface area (Å²) in [5, 5.41) is 0. The second-order valence-electron chi connectivity index (χ2n) is 19.5. The second kappa shape index (κ2) is 27.8. The molecule has 3 aromatic rings. The van der Waals surface area contributed by atoms with Crippen LogP contribution < -0.4 is 4.74 Å². The summed E-state index contributed by atoms with van der Waals surface area (Å²) >= 11 is 0. The van der Waals surface area contributed by atoms with Crippen LogP contribution in [0.25, 0.3) is 0 Å². The van der Waals surface area contributed by atoms with Gasteiger partial charge in [-0.2, -0.15) is 0 Å². The van der Waals surface area contributed by atoms with Crippen molar-refractivity contribution in [2.45, 2.75) is 106 Å². The molecule has 5 saturated heterocycles. The molecule has 0 aromatic heterocycles. The van der Waals surface area contributed by atoms with E-state index in [4.69, 9.17) is 47.4 Å². The molecular formula is C55H84O10. The van der Waals surface area contributed by atoms with Gasteiger partial charge in [-0.1, -0.05) is 121 Å². The first-order chi connectivity index (χ1) is 31.7. The third-order valence-electron chi connectivity index (χ3n) is 14.1. The van der Waals surface area contributed by atoms with Gasteiger partial charge in [-0.05, 0) is 67.3 Å². The number of para-hydroxylation sites is 1. The highest BCUT2D eigenvalue weighted by Gasteiger charge is 2.40. The molecule has 0 amide bonds. The summed E-state index contributed by atoms with van der Waals surface area (Å²) in [6.45, 7) is 28.8. The molecular weight excluding hydrogens is 821 g/mol. The Labute approximate surface area is 392 Å². The molecule has 65 heavy (non-hydrogen) atoms. The van der Waals surface area contributed by atoms with E-state index in [2.05, 4.69) is 77.9 Å². The van der Waals surface area contributed by atoms with E-state index in [1.165, 1.54) is 36.0 Å². The molecule has 5 fully saturated rings. The normalized spacial score (nSPS) is 19.8. The summed E-state index contributed by atoms with van der Waals surface area (Å²) in [6, 6.07) is 28.8. The van der Waals surface area contributed by atoms with Crippen LogP contribution in [0.1, 0.15) is 103 Å². The summed E-state index contributed by atoms with van der Waals surface area (Å²) in [5.41, 5.74) is 5.12. The van der Waals surface area contributed by atoms with E-state index in [1.54, 1.807) is 0 Å². The zero-order valence-corrected chi connectivity index (χ0v) is 41.1. The molecule has 0 saturated carbocycles. The number of unbranched alkanes of at least 4 members (excludes halogenated alkanes) is 1. The van der Waals surface area contributed by atoms with Gasteiger partial charge in [0.05, 0.1) is 124 Å². The molecule has 5 aliphatic heterocycles. The first-order valence-corrected chi connectivity index (χ1v) is 24.7. The van der Waals surface area contributed by atoms with Crippen molar-refractivity contribution in [3.63, 3.8) is 0 Å². The third-order valence-corrected chi connectivity index (χ3v) is 14.1. The Bertz CT molecular complexity index is 1590. The quantitative estimate of drug-likeness (QED) is 0.0766. The lowest BCUT2D eigenvalue weighted by atomic mass is 9.84. The standard InChI is InChI=1S/C20H30O4.C13H18O2.C12H16O2.C10H20O2/c1-3-19(13-23-14-19)11-21-9-17-5-7-18(8-6-17)10-22-12-20(4-2)15-24-16-20;1-2-13(10-15-11-13)9-14-8-12-6-4-3-5-7-12;1-2-12(8-13-9-12)10-14-11-6-4-3-5-7-11;1-3-5-6-11-7-10(4-2)8-12-9-10/h5-8H,3-4,9-16H2,1-2H3;3-7H,2,8-11H2,1H3;3-7H,2,8-10H2,1H3;3-9H2,1-2H3. The minimum absolute atomic E-state index is 0.258. The maximum absolute atomic E-state index is 5.90. The van der Waals surface area contributed by atoms with Crippen LogP contribution in [0, 0.1) is 27.1 Å². The van der Waals surface area contributed by atoms with Crippen molar-refractivity contribution in [1.82, 2.24) is 0 Å². The molecule has 0 bridgehead atoms. The fraction of sp³-hybridized carbons (Fsp3) is 0.673. The second-order valence-corrected chi connectivity index (χ2v) is 19.5. The first kappa shape index (κ1) is 53.1. The Morgan fingerprint density at radius 2 is 0.677 bits per heavy atom. The molecule has 8 rings (SSSR count). The van der Waals surface area contributed by atoms with Crippen molar-refractivity contribution >= 4 is 0 Å². The van der Waals surface area contributed by atoms with Gasteiger partial charge in [0.25, 0.3) is 0 Å². The number of hydrogen-bond donors (Lipinski definition) is 0. The zero-order valence-electron chi connectivity index (χ0n) is 41.1. The number of ether oxygens (including phenoxy) is 10. The fourth-order valence-electron chi connectivity index (χ4n) is 7.65. The van der Waals surface area contributed by atoms with Crippen LogP contribution in [0.2, 0.25) is 0 Å². The van der Waals surface area contributed by atoms with E-state index in [9.17, 15) is 0 Å². The van der Waals surface area contributed by atoms with E-state index < -0.39 is 0 Å². The van der Waals surface area contributed by atoms with Crippen LogP contribution in [0.15, 0.2) is 84.9 Å². The average Bonchev–Trinajstić information content (AvgIpc) is 3.28. The van der Waals surface area contributed by atoms with Gasteiger partial charge in [-0.3, -0.25) is 0 Å². The third kappa shape index (κ3) is 17.0. The molecule has 10 heteroatoms. The maximum atomic E-state index is 5.90. The van der Waals surface area contributed by atoms with Crippen molar-refractivity contribution < 1.29 is 47.4 Å². The van der Waals surface area contributed by atoms with Gasteiger partial charge in [0, 0.05) is 28.3 Å². The lowest BCUT2D eigenvalue weighted by molar-refractivity contribution is -0.152. The van der Waals surface area contributed by atoms with E-state index in [-0.39, 0.29) is 16.2 Å². The monoisotopic (exact) mass is 905 g/mol. The van der Waals surface area contributed by atoms with E-state index >= 15 is 0 Å². The Hall–Kier alpha value is -2.90. The predicted octanol–water partition coefficient (Wildman–Crippen LogP) is 10.9. The molecule has 3 aromatic carbocycles. The minimum Gasteiger partial charge on any atom is -0.493 e. The van der Waals surface area contributed by atoms with Gasteiger partial charge >= 0.3 is 0 Å². The van der Waals surface area contributed by atoms with Gasteiger partial charge in [-0.15, -0.1) is 0 Å². The molecule has 10 nitrogen and oxygen atoms in total. The van der Waals surface area contributed by atoms with Crippen LogP contribution in [-0.2, 0) is 62.5 Å². The van der Waals surface area contributed by atoms with Crippen molar-refractivity contribution in [1.29, 1.82) is 0 Å². The topological polar surface area (TPSA) is 92.3 Å². The Balaban J connectivity index is 0.000000170. The SMILES string of the molecule is CCC1(COCc2ccc(COCC3(CC)COC3)cc2)COC1.CCC1(COCc2ccccc2)COC1.CCC1(COc2ccccc2)COC1.CCCCOCC1(CC)COC1. The van der Waals surface area contributed by atoms with Gasteiger partial charge < -0.3 is 47.4 Å². The van der Waals surface area contributed by atoms with Crippen molar-refractivity contribution in [3.05, 3.63) is 102 Å². The summed E-state index contributed by atoms with van der Waals surface area (Å²) in [4.78, 5) is 0. The molecule has 0 N–H and O–H groups in total. The molecule has 0 unspecified atom stereocenters. The molecule has 0 aliphatic carbocycles. The molecule has 0 radical (unpaired) electrons. The Morgan fingerprint density at radius 1 is 0.369 bits per heavy atom. The highest BCUT2D eigenvalue weighted by molar-refractivity contribution is 5.22. The summed E-state index contributed by atoms with van der Waals surface area (Å²) < 4.78 is 55.2. The van der Waals surface area contributed by atoms with E-state index in [0.717, 1.165) is 137 Å². The Kier molecular flexibility index (Phi) is 22.7. The molecule has 0 atom stereocenters. The van der Waals surface area contributed by atoms with Gasteiger partial charge in [0.1, 0.15) is 5.75 Å². The van der Waals surface area contributed by atoms with E-state index in [1.807, 2.05) is 48.5 Å². The average molecular weight is 905 g/mol. The summed E-state index contributed by atoms with van der Waals surface area (Å²) in [7, 11) is 0. The Morgan fingerprint density at radius 3 is 0.985 bits per heavy atom. The van der Waals surface area contributed by atoms with Crippen LogP contribution >= 0.6 is 0 Å². The lowest BCUT2D eigenvalue weighted by Gasteiger charge is -2.40. The highest BCUT2D eigenvalue weighted by Crippen LogP contribution is 2.35. The molecule has 364 valence electrons. The van der Waals surface area contributed by atoms with Crippen LogP contribution in [0.3, 0.4) is 0 Å². The number of hydrogen-bond acceptors (Lipinski definition) is 10. The fourth-order valence-corrected chi connectivity index (χ4v) is 7.65. The van der Waals surface area contributed by atoms with Crippen LogP contribution in [0.5, 0.6) is 5.75 Å². The van der Waals surface area contributed by atoms with Crippen molar-refractivity contribution in [2.24, 2.45) is 27.1 Å². The van der Waals surface area contributed by atoms with Crippen molar-refractivity contribution in [2.75, 3.05) is 106 Å². The van der Waals surface area contributed by atoms with Gasteiger partial charge in [0.2, 0.25) is 0 Å². The minimum atomic E-state index is 0.258. The predicted molar refractivity (Wildman–Crippen MR) is 257 cm³/mol. The van der Waals surface area contributed by atoms with Crippen molar-refractivity contribution in [3.8, 4) is 5.75 Å². The number of benzene rings is 3. The zero-order chi connectivity index (χ0) is 46.2. The largest absolute Gasteiger partial charge is 0.493 e. The lowest BCUT2D eigenvalue weighted by Crippen LogP contribution is -2.46. The highest BCUT2D eigenvalue weighted by atomic mass is 16.5. The van der Waals surface area contributed by atoms with Crippen LogP contribution in [-0.4, -0.2) is 106 Å². The smallest absolute Gasteiger partial charge is 0.119 e. The van der Waals surface area contributed by atoms with Gasteiger partial charge in [-0.25, -0.2) is 0 Å². The number of rotatable bonds is 25. The first-order valence-electron chi connectivity index (χ1n) is 24.7. The molecule has 5 heterocycles. The van der Waals surface area contributed by atoms with Crippen LogP contribution in [0.4, 0.5) is 0 Å². The van der Waals surface area contributed by atoms with E-state index in [0.29, 0.717) is 30.7 Å². The maximum Gasteiger partial charge on any atom is 0.119 e.